The van der Waals surface area contributed by atoms with Crippen molar-refractivity contribution in [1.82, 2.24) is 5.32 Å². The van der Waals surface area contributed by atoms with Crippen molar-refractivity contribution >= 4 is 17.5 Å². The van der Waals surface area contributed by atoms with Gasteiger partial charge in [-0.05, 0) is 49.4 Å². The van der Waals surface area contributed by atoms with Gasteiger partial charge in [0, 0.05) is 18.3 Å². The molecule has 0 aliphatic heterocycles. The molecule has 3 heteroatoms. The average Bonchev–Trinajstić information content (AvgIpc) is 2.18. The fourth-order valence-corrected chi connectivity index (χ4v) is 4.76. The van der Waals surface area contributed by atoms with Gasteiger partial charge in [-0.1, -0.05) is 0 Å². The first-order valence-corrected chi connectivity index (χ1v) is 6.50. The van der Waals surface area contributed by atoms with Crippen LogP contribution in [0.25, 0.3) is 0 Å². The van der Waals surface area contributed by atoms with Crippen LogP contribution in [0.1, 0.15) is 32.6 Å². The maximum Gasteiger partial charge on any atom is 0.217 e. The van der Waals surface area contributed by atoms with Gasteiger partial charge in [0.1, 0.15) is 0 Å². The van der Waals surface area contributed by atoms with Gasteiger partial charge in [0.15, 0.2) is 0 Å². The molecule has 0 aromatic rings. The van der Waals surface area contributed by atoms with Crippen LogP contribution in [0.15, 0.2) is 0 Å². The van der Waals surface area contributed by atoms with Gasteiger partial charge in [0.05, 0.1) is 0 Å². The van der Waals surface area contributed by atoms with E-state index < -0.39 is 0 Å². The molecule has 4 bridgehead atoms. The Kier molecular flexibility index (Phi) is 2.24. The summed E-state index contributed by atoms with van der Waals surface area (Å²) in [6, 6.07) is 0.373. The number of rotatable bonds is 1. The van der Waals surface area contributed by atoms with Crippen LogP contribution in [0.3, 0.4) is 0 Å². The Bertz CT molecular complexity index is 293. The number of nitrogens with one attached hydrogen (secondary N) is 1. The molecular weight excluding hydrogens is 210 g/mol. The first kappa shape index (κ1) is 9.95. The van der Waals surface area contributed by atoms with Crippen molar-refractivity contribution in [2.24, 2.45) is 23.7 Å². The third-order valence-electron chi connectivity index (χ3n) is 4.68. The summed E-state index contributed by atoms with van der Waals surface area (Å²) in [6.45, 7) is 1.62. The molecular formula is C12H18ClNO. The molecule has 0 radical (unpaired) electrons. The van der Waals surface area contributed by atoms with E-state index in [0.29, 0.717) is 23.3 Å². The lowest BCUT2D eigenvalue weighted by atomic mass is 9.54. The molecule has 4 rings (SSSR count). The zero-order chi connectivity index (χ0) is 10.6. The van der Waals surface area contributed by atoms with Gasteiger partial charge in [0.2, 0.25) is 5.91 Å². The molecule has 6 atom stereocenters. The van der Waals surface area contributed by atoms with Gasteiger partial charge in [-0.25, -0.2) is 0 Å². The smallest absolute Gasteiger partial charge is 0.217 e. The van der Waals surface area contributed by atoms with E-state index >= 15 is 0 Å². The quantitative estimate of drug-likeness (QED) is 0.684. The van der Waals surface area contributed by atoms with Crippen LogP contribution >= 0.6 is 11.6 Å². The highest BCUT2D eigenvalue weighted by atomic mass is 35.5. The number of carbonyl (C=O) groups excluding carboxylic acids is 1. The van der Waals surface area contributed by atoms with Crippen LogP contribution in [0.2, 0.25) is 0 Å². The molecule has 0 aromatic carbocycles. The van der Waals surface area contributed by atoms with E-state index in [2.05, 4.69) is 5.32 Å². The maximum absolute atomic E-state index is 11.2. The second-order valence-electron chi connectivity index (χ2n) is 5.66. The normalized spacial score (nSPS) is 51.9. The highest BCUT2D eigenvalue weighted by Crippen LogP contribution is 2.55. The molecule has 0 aromatic heterocycles. The molecule has 4 saturated carbocycles. The van der Waals surface area contributed by atoms with E-state index in [1.54, 1.807) is 6.92 Å². The van der Waals surface area contributed by atoms with Crippen LogP contribution < -0.4 is 5.32 Å². The van der Waals surface area contributed by atoms with Gasteiger partial charge in [-0.2, -0.15) is 0 Å². The zero-order valence-corrected chi connectivity index (χ0v) is 9.83. The third kappa shape index (κ3) is 1.49. The van der Waals surface area contributed by atoms with Crippen LogP contribution in [0, 0.1) is 23.7 Å². The Morgan fingerprint density at radius 1 is 1.20 bits per heavy atom. The largest absolute Gasteiger partial charge is 0.353 e. The first-order chi connectivity index (χ1) is 7.15. The Morgan fingerprint density at radius 3 is 2.67 bits per heavy atom. The lowest BCUT2D eigenvalue weighted by molar-refractivity contribution is -0.122. The third-order valence-corrected chi connectivity index (χ3v) is 5.36. The van der Waals surface area contributed by atoms with Crippen molar-refractivity contribution in [2.45, 2.75) is 44.0 Å². The van der Waals surface area contributed by atoms with E-state index in [9.17, 15) is 4.79 Å². The summed E-state index contributed by atoms with van der Waals surface area (Å²) < 4.78 is 0. The predicted molar refractivity (Wildman–Crippen MR) is 59.7 cm³/mol. The average molecular weight is 228 g/mol. The fourth-order valence-electron chi connectivity index (χ4n) is 4.30. The van der Waals surface area contributed by atoms with Crippen molar-refractivity contribution in [3.63, 3.8) is 0 Å². The number of alkyl halides is 1. The van der Waals surface area contributed by atoms with E-state index in [1.807, 2.05) is 0 Å². The molecule has 84 valence electrons. The topological polar surface area (TPSA) is 29.1 Å². The van der Waals surface area contributed by atoms with E-state index in [4.69, 9.17) is 11.6 Å². The highest BCUT2D eigenvalue weighted by molar-refractivity contribution is 6.21. The summed E-state index contributed by atoms with van der Waals surface area (Å²) in [5.41, 5.74) is 0. The van der Waals surface area contributed by atoms with Crippen LogP contribution in [0.4, 0.5) is 0 Å². The molecule has 1 amide bonds. The first-order valence-electron chi connectivity index (χ1n) is 6.06. The van der Waals surface area contributed by atoms with Gasteiger partial charge >= 0.3 is 0 Å². The molecule has 1 N–H and O–H groups in total. The SMILES string of the molecule is CC(=O)N[C@H]1C2CC3CC(C2)[C@@H](Cl)C1C3. The number of amides is 1. The molecule has 0 heterocycles. The van der Waals surface area contributed by atoms with E-state index in [0.717, 1.165) is 11.8 Å². The summed E-state index contributed by atoms with van der Waals surface area (Å²) in [5.74, 6) is 3.01. The Hall–Kier alpha value is -0.240. The number of carbonyl (C=O) groups is 1. The molecule has 2 nitrogen and oxygen atoms in total. The van der Waals surface area contributed by atoms with Crippen LogP contribution in [0.5, 0.6) is 0 Å². The van der Waals surface area contributed by atoms with Gasteiger partial charge in [-0.15, -0.1) is 11.6 Å². The maximum atomic E-state index is 11.2. The lowest BCUT2D eigenvalue weighted by Gasteiger charge is -2.56. The molecule has 0 saturated heterocycles. The monoisotopic (exact) mass is 227 g/mol. The van der Waals surface area contributed by atoms with Crippen molar-refractivity contribution < 1.29 is 4.79 Å². The van der Waals surface area contributed by atoms with Crippen molar-refractivity contribution in [3.05, 3.63) is 0 Å². The Labute approximate surface area is 95.8 Å². The summed E-state index contributed by atoms with van der Waals surface area (Å²) in [6.07, 6.45) is 5.15. The van der Waals surface area contributed by atoms with Crippen LogP contribution in [-0.4, -0.2) is 17.3 Å². The second-order valence-corrected chi connectivity index (χ2v) is 6.17. The Balaban J connectivity index is 1.82. The van der Waals surface area contributed by atoms with Gasteiger partial charge < -0.3 is 5.32 Å². The zero-order valence-electron chi connectivity index (χ0n) is 9.08. The minimum atomic E-state index is 0.108. The molecule has 4 unspecified atom stereocenters. The number of hydrogen-bond donors (Lipinski definition) is 1. The number of hydrogen-bond acceptors (Lipinski definition) is 1. The van der Waals surface area contributed by atoms with Crippen molar-refractivity contribution in [2.75, 3.05) is 0 Å². The van der Waals surface area contributed by atoms with Gasteiger partial charge in [-0.3, -0.25) is 4.79 Å². The summed E-state index contributed by atoms with van der Waals surface area (Å²) in [5, 5.41) is 3.45. The summed E-state index contributed by atoms with van der Waals surface area (Å²) in [4.78, 5) is 11.2. The second kappa shape index (κ2) is 3.38. The standard InChI is InChI=1S/C12H18ClNO/c1-6(15)14-12-9-3-7-2-8(5-9)11(13)10(12)4-7/h7-12H,2-5H2,1H3,(H,14,15)/t7?,8?,9?,10?,11-,12+/m1/s1. The highest BCUT2D eigenvalue weighted by Gasteiger charge is 2.53. The van der Waals surface area contributed by atoms with Crippen molar-refractivity contribution in [1.29, 1.82) is 0 Å². The van der Waals surface area contributed by atoms with Gasteiger partial charge in [0.25, 0.3) is 0 Å². The molecule has 15 heavy (non-hydrogen) atoms. The fraction of sp³-hybridized carbons (Fsp3) is 0.917. The van der Waals surface area contributed by atoms with Crippen molar-refractivity contribution in [3.8, 4) is 0 Å². The summed E-state index contributed by atoms with van der Waals surface area (Å²) >= 11 is 6.50. The van der Waals surface area contributed by atoms with Crippen LogP contribution in [-0.2, 0) is 4.79 Å². The minimum absolute atomic E-state index is 0.108. The number of halogens is 1. The predicted octanol–water partition coefficient (Wildman–Crippen LogP) is 2.16. The minimum Gasteiger partial charge on any atom is -0.353 e. The molecule has 0 spiro atoms. The molecule has 4 fully saturated rings. The van der Waals surface area contributed by atoms with E-state index in [-0.39, 0.29) is 5.91 Å². The lowest BCUT2D eigenvalue weighted by Crippen LogP contribution is -2.60. The molecule has 4 aliphatic rings. The Morgan fingerprint density at radius 2 is 1.93 bits per heavy atom. The molecule has 4 aliphatic carbocycles. The summed E-state index contributed by atoms with van der Waals surface area (Å²) in [7, 11) is 0. The van der Waals surface area contributed by atoms with E-state index in [1.165, 1.54) is 25.7 Å².